The Labute approximate surface area is 196 Å². The summed E-state index contributed by atoms with van der Waals surface area (Å²) in [6.45, 7) is 3.82. The molecule has 8 heteroatoms. The molecule has 2 aromatic heterocycles. The van der Waals surface area contributed by atoms with Crippen molar-refractivity contribution in [1.29, 1.82) is 0 Å². The maximum Gasteiger partial charge on any atom is 0.252 e. The standard InChI is InChI=1S/C25H22ClN5O2/c1-14-12-15(2)28-25(27-14)31-24-22(23(30-31)17-4-8-18(26)9-5-17)20(13-21(32)29-24)16-6-10-19(33-3)11-7-16/h4-12,20H,13H2,1-3H3,(H,29,32). The number of rotatable bonds is 4. The van der Waals surface area contributed by atoms with E-state index in [-0.39, 0.29) is 11.8 Å². The van der Waals surface area contributed by atoms with E-state index in [2.05, 4.69) is 15.3 Å². The van der Waals surface area contributed by atoms with E-state index < -0.39 is 0 Å². The molecule has 33 heavy (non-hydrogen) atoms. The second-order valence-electron chi connectivity index (χ2n) is 8.06. The van der Waals surface area contributed by atoms with Crippen molar-refractivity contribution in [2.75, 3.05) is 12.4 Å². The highest BCUT2D eigenvalue weighted by atomic mass is 35.5. The van der Waals surface area contributed by atoms with E-state index in [0.717, 1.165) is 39.5 Å². The van der Waals surface area contributed by atoms with Gasteiger partial charge in [0.05, 0.1) is 12.8 Å². The minimum Gasteiger partial charge on any atom is -0.497 e. The van der Waals surface area contributed by atoms with Crippen LogP contribution in [0.1, 0.15) is 34.9 Å². The molecule has 0 aliphatic carbocycles. The molecule has 166 valence electrons. The molecule has 2 aromatic carbocycles. The molecular weight excluding hydrogens is 438 g/mol. The summed E-state index contributed by atoms with van der Waals surface area (Å²) < 4.78 is 6.94. The highest BCUT2D eigenvalue weighted by molar-refractivity contribution is 6.30. The van der Waals surface area contributed by atoms with Crippen molar-refractivity contribution in [1.82, 2.24) is 19.7 Å². The number of nitrogens with zero attached hydrogens (tertiary/aromatic N) is 4. The molecule has 1 N–H and O–H groups in total. The first-order valence-corrected chi connectivity index (χ1v) is 11.0. The summed E-state index contributed by atoms with van der Waals surface area (Å²) in [5.41, 5.74) is 5.22. The number of hydrogen-bond acceptors (Lipinski definition) is 5. The van der Waals surface area contributed by atoms with Gasteiger partial charge >= 0.3 is 0 Å². The van der Waals surface area contributed by atoms with Gasteiger partial charge in [0.25, 0.3) is 5.95 Å². The largest absolute Gasteiger partial charge is 0.497 e. The van der Waals surface area contributed by atoms with Gasteiger partial charge in [0.15, 0.2) is 0 Å². The SMILES string of the molecule is COc1ccc(C2CC(=O)Nc3c2c(-c2ccc(Cl)cc2)nn3-c2nc(C)cc(C)n2)cc1. The maximum absolute atomic E-state index is 12.8. The van der Waals surface area contributed by atoms with Gasteiger partial charge in [-0.1, -0.05) is 35.9 Å². The molecule has 1 amide bonds. The number of anilines is 1. The molecule has 0 fully saturated rings. The van der Waals surface area contributed by atoms with Crippen LogP contribution >= 0.6 is 11.6 Å². The predicted molar refractivity (Wildman–Crippen MR) is 127 cm³/mol. The van der Waals surface area contributed by atoms with Crippen LogP contribution in [0.15, 0.2) is 54.6 Å². The van der Waals surface area contributed by atoms with E-state index in [0.29, 0.717) is 23.2 Å². The van der Waals surface area contributed by atoms with Crippen LogP contribution in [0.5, 0.6) is 5.75 Å². The number of ether oxygens (including phenoxy) is 1. The fourth-order valence-corrected chi connectivity index (χ4v) is 4.37. The average molecular weight is 460 g/mol. The Hall–Kier alpha value is -3.71. The maximum atomic E-state index is 12.8. The average Bonchev–Trinajstić information content (AvgIpc) is 3.18. The van der Waals surface area contributed by atoms with E-state index in [9.17, 15) is 4.79 Å². The third-order valence-corrected chi connectivity index (χ3v) is 5.97. The minimum atomic E-state index is -0.190. The van der Waals surface area contributed by atoms with Crippen molar-refractivity contribution in [2.45, 2.75) is 26.2 Å². The summed E-state index contributed by atoms with van der Waals surface area (Å²) in [6, 6.07) is 17.2. The second kappa shape index (κ2) is 8.33. The molecule has 7 nitrogen and oxygen atoms in total. The molecule has 5 rings (SSSR count). The zero-order valence-electron chi connectivity index (χ0n) is 18.5. The van der Waals surface area contributed by atoms with Gasteiger partial charge in [0.1, 0.15) is 11.6 Å². The van der Waals surface area contributed by atoms with Crippen LogP contribution in [0.25, 0.3) is 17.2 Å². The lowest BCUT2D eigenvalue weighted by molar-refractivity contribution is -0.116. The number of nitrogens with one attached hydrogen (secondary N) is 1. The van der Waals surface area contributed by atoms with Gasteiger partial charge in [-0.05, 0) is 49.7 Å². The fraction of sp³-hybridized carbons (Fsp3) is 0.200. The molecule has 1 unspecified atom stereocenters. The quantitative estimate of drug-likeness (QED) is 0.460. The zero-order chi connectivity index (χ0) is 23.1. The van der Waals surface area contributed by atoms with Gasteiger partial charge in [0, 0.05) is 39.9 Å². The van der Waals surface area contributed by atoms with Gasteiger partial charge in [-0.3, -0.25) is 4.79 Å². The number of benzene rings is 2. The van der Waals surface area contributed by atoms with E-state index in [1.165, 1.54) is 0 Å². The Morgan fingerprint density at radius 1 is 1.03 bits per heavy atom. The first-order chi connectivity index (χ1) is 15.9. The number of aryl methyl sites for hydroxylation is 2. The van der Waals surface area contributed by atoms with Crippen molar-refractivity contribution in [3.8, 4) is 23.0 Å². The van der Waals surface area contributed by atoms with Crippen molar-refractivity contribution in [3.63, 3.8) is 0 Å². The topological polar surface area (TPSA) is 81.9 Å². The summed E-state index contributed by atoms with van der Waals surface area (Å²) >= 11 is 6.14. The Kier molecular flexibility index (Phi) is 5.34. The van der Waals surface area contributed by atoms with Crippen molar-refractivity contribution < 1.29 is 9.53 Å². The van der Waals surface area contributed by atoms with Crippen molar-refractivity contribution >= 4 is 23.3 Å². The predicted octanol–water partition coefficient (Wildman–Crippen LogP) is 5.08. The van der Waals surface area contributed by atoms with Crippen LogP contribution in [0, 0.1) is 13.8 Å². The van der Waals surface area contributed by atoms with E-state index in [1.54, 1.807) is 11.8 Å². The second-order valence-corrected chi connectivity index (χ2v) is 8.49. The van der Waals surface area contributed by atoms with Gasteiger partial charge in [-0.2, -0.15) is 9.78 Å². The number of carbonyl (C=O) groups excluding carboxylic acids is 1. The molecule has 0 radical (unpaired) electrons. The molecule has 4 aromatic rings. The van der Waals surface area contributed by atoms with Gasteiger partial charge in [0.2, 0.25) is 5.91 Å². The lowest BCUT2D eigenvalue weighted by Crippen LogP contribution is -2.25. The summed E-state index contributed by atoms with van der Waals surface area (Å²) in [5, 5.41) is 8.56. The van der Waals surface area contributed by atoms with Crippen LogP contribution in [0.3, 0.4) is 0 Å². The van der Waals surface area contributed by atoms with Gasteiger partial charge in [-0.25, -0.2) is 9.97 Å². The highest BCUT2D eigenvalue weighted by Gasteiger charge is 2.35. The smallest absolute Gasteiger partial charge is 0.252 e. The number of aromatic nitrogens is 4. The minimum absolute atomic E-state index is 0.0866. The summed E-state index contributed by atoms with van der Waals surface area (Å²) in [4.78, 5) is 22.0. The molecule has 0 bridgehead atoms. The lowest BCUT2D eigenvalue weighted by Gasteiger charge is -2.24. The molecule has 0 saturated carbocycles. The molecule has 1 aliphatic rings. The number of amides is 1. The highest BCUT2D eigenvalue weighted by Crippen LogP contribution is 2.44. The number of halogens is 1. The number of carbonyl (C=O) groups is 1. The number of fused-ring (bicyclic) bond motifs is 1. The monoisotopic (exact) mass is 459 g/mol. The zero-order valence-corrected chi connectivity index (χ0v) is 19.2. The van der Waals surface area contributed by atoms with Crippen LogP contribution in [-0.2, 0) is 4.79 Å². The van der Waals surface area contributed by atoms with E-state index in [1.807, 2.05) is 68.4 Å². The van der Waals surface area contributed by atoms with Crippen LogP contribution in [0.2, 0.25) is 5.02 Å². The van der Waals surface area contributed by atoms with E-state index in [4.69, 9.17) is 21.4 Å². The first kappa shape index (κ1) is 21.2. The number of methoxy groups -OCH3 is 1. The van der Waals surface area contributed by atoms with E-state index >= 15 is 0 Å². The van der Waals surface area contributed by atoms with Gasteiger partial charge < -0.3 is 10.1 Å². The van der Waals surface area contributed by atoms with Gasteiger partial charge in [-0.15, -0.1) is 0 Å². The molecule has 0 spiro atoms. The normalized spacial score (nSPS) is 15.2. The Morgan fingerprint density at radius 2 is 1.70 bits per heavy atom. The molecule has 0 saturated heterocycles. The first-order valence-electron chi connectivity index (χ1n) is 10.6. The van der Waals surface area contributed by atoms with Crippen LogP contribution in [-0.4, -0.2) is 32.8 Å². The van der Waals surface area contributed by atoms with Crippen molar-refractivity contribution in [2.24, 2.45) is 0 Å². The molecule has 3 heterocycles. The fourth-order valence-electron chi connectivity index (χ4n) is 4.24. The Morgan fingerprint density at radius 3 is 2.33 bits per heavy atom. The van der Waals surface area contributed by atoms with Crippen LogP contribution < -0.4 is 10.1 Å². The van der Waals surface area contributed by atoms with Crippen LogP contribution in [0.4, 0.5) is 5.82 Å². The summed E-state index contributed by atoms with van der Waals surface area (Å²) in [6.07, 6.45) is 0.305. The van der Waals surface area contributed by atoms with Crippen molar-refractivity contribution in [3.05, 3.63) is 82.1 Å². The molecule has 1 aliphatic heterocycles. The molecular formula is C25H22ClN5O2. The summed E-state index contributed by atoms with van der Waals surface area (Å²) in [7, 11) is 1.63. The molecule has 1 atom stereocenters. The summed E-state index contributed by atoms with van der Waals surface area (Å²) in [5.74, 6) is 1.49. The Bertz CT molecular complexity index is 1330. The third-order valence-electron chi connectivity index (χ3n) is 5.71. The third kappa shape index (κ3) is 3.96. The Balaban J connectivity index is 1.75. The lowest BCUT2D eigenvalue weighted by atomic mass is 9.84. The number of hydrogen-bond donors (Lipinski definition) is 1.